The molecule has 0 bridgehead atoms. The summed E-state index contributed by atoms with van der Waals surface area (Å²) in [7, 11) is 1.65. The molecule has 1 aromatic carbocycles. The van der Waals surface area contributed by atoms with E-state index in [1.807, 2.05) is 36.9 Å². The number of hydrogen-bond donors (Lipinski definition) is 2. The van der Waals surface area contributed by atoms with Gasteiger partial charge in [-0.25, -0.2) is 0 Å². The average Bonchev–Trinajstić information content (AvgIpc) is 2.46. The number of carbonyl (C=O) groups excluding carboxylic acids is 1. The van der Waals surface area contributed by atoms with Crippen molar-refractivity contribution in [3.8, 4) is 0 Å². The number of nitrogens with zero attached hydrogens (tertiary/aromatic N) is 1. The Kier molecular flexibility index (Phi) is 4.84. The smallest absolute Gasteiger partial charge is 0.254 e. The first-order valence-electron chi connectivity index (χ1n) is 7.05. The molecule has 5 heteroatoms. The van der Waals surface area contributed by atoms with E-state index >= 15 is 0 Å². The van der Waals surface area contributed by atoms with Crippen LogP contribution in [0.2, 0.25) is 0 Å². The standard InChI is InChI=1S/C15H23N3O2/c1-11(2)18(8-9-20-3)15(19)12-4-5-13-14(10-12)17-7-6-16-13/h4-5,10-11,16-17H,6-9H2,1-3H3. The zero-order valence-electron chi connectivity index (χ0n) is 12.4. The van der Waals surface area contributed by atoms with Crippen LogP contribution in [0, 0.1) is 0 Å². The van der Waals surface area contributed by atoms with Crippen molar-refractivity contribution in [3.63, 3.8) is 0 Å². The highest BCUT2D eigenvalue weighted by Gasteiger charge is 2.20. The molecule has 0 aliphatic carbocycles. The van der Waals surface area contributed by atoms with Crippen molar-refractivity contribution in [3.05, 3.63) is 23.8 Å². The predicted molar refractivity (Wildman–Crippen MR) is 81.5 cm³/mol. The summed E-state index contributed by atoms with van der Waals surface area (Å²) in [5, 5.41) is 6.62. The number of anilines is 2. The maximum absolute atomic E-state index is 12.6. The van der Waals surface area contributed by atoms with Gasteiger partial charge < -0.3 is 20.3 Å². The van der Waals surface area contributed by atoms with E-state index in [-0.39, 0.29) is 11.9 Å². The fourth-order valence-electron chi connectivity index (χ4n) is 2.32. The summed E-state index contributed by atoms with van der Waals surface area (Å²) < 4.78 is 5.08. The molecule has 110 valence electrons. The van der Waals surface area contributed by atoms with Crippen LogP contribution in [0.1, 0.15) is 24.2 Å². The molecule has 0 unspecified atom stereocenters. The Morgan fingerprint density at radius 1 is 1.30 bits per heavy atom. The Morgan fingerprint density at radius 3 is 2.65 bits per heavy atom. The van der Waals surface area contributed by atoms with Crippen LogP contribution in [-0.4, -0.2) is 50.2 Å². The zero-order valence-corrected chi connectivity index (χ0v) is 12.4. The van der Waals surface area contributed by atoms with Crippen LogP contribution >= 0.6 is 0 Å². The monoisotopic (exact) mass is 277 g/mol. The molecule has 0 atom stereocenters. The second-order valence-corrected chi connectivity index (χ2v) is 5.20. The SMILES string of the molecule is COCCN(C(=O)c1ccc2c(c1)NCCN2)C(C)C. The summed E-state index contributed by atoms with van der Waals surface area (Å²) in [6.45, 7) is 6.98. The first-order chi connectivity index (χ1) is 9.63. The van der Waals surface area contributed by atoms with Gasteiger partial charge in [0.1, 0.15) is 0 Å². The Morgan fingerprint density at radius 2 is 2.00 bits per heavy atom. The van der Waals surface area contributed by atoms with E-state index in [1.54, 1.807) is 7.11 Å². The van der Waals surface area contributed by atoms with E-state index in [4.69, 9.17) is 4.74 Å². The van der Waals surface area contributed by atoms with Crippen molar-refractivity contribution in [2.45, 2.75) is 19.9 Å². The summed E-state index contributed by atoms with van der Waals surface area (Å²) in [5.74, 6) is 0.0484. The van der Waals surface area contributed by atoms with Crippen molar-refractivity contribution < 1.29 is 9.53 Å². The quantitative estimate of drug-likeness (QED) is 0.864. The van der Waals surface area contributed by atoms with Crippen LogP contribution < -0.4 is 10.6 Å². The normalized spacial score (nSPS) is 13.4. The number of nitrogens with one attached hydrogen (secondary N) is 2. The summed E-state index contributed by atoms with van der Waals surface area (Å²) in [4.78, 5) is 14.4. The molecule has 0 radical (unpaired) electrons. The summed E-state index contributed by atoms with van der Waals surface area (Å²) in [6, 6.07) is 5.92. The number of fused-ring (bicyclic) bond motifs is 1. The highest BCUT2D eigenvalue weighted by atomic mass is 16.5. The number of rotatable bonds is 5. The van der Waals surface area contributed by atoms with Crippen LogP contribution in [0.3, 0.4) is 0 Å². The Labute approximate surface area is 120 Å². The van der Waals surface area contributed by atoms with Crippen molar-refractivity contribution in [1.29, 1.82) is 0 Å². The van der Waals surface area contributed by atoms with Gasteiger partial charge >= 0.3 is 0 Å². The Balaban J connectivity index is 2.18. The maximum atomic E-state index is 12.6. The molecule has 1 aromatic rings. The molecule has 1 amide bonds. The first kappa shape index (κ1) is 14.7. The predicted octanol–water partition coefficient (Wildman–Crippen LogP) is 2.02. The van der Waals surface area contributed by atoms with E-state index in [0.717, 1.165) is 24.5 Å². The molecule has 0 saturated heterocycles. The van der Waals surface area contributed by atoms with Gasteiger partial charge in [-0.15, -0.1) is 0 Å². The number of hydrogen-bond acceptors (Lipinski definition) is 4. The third kappa shape index (κ3) is 3.22. The topological polar surface area (TPSA) is 53.6 Å². The summed E-state index contributed by atoms with van der Waals surface area (Å²) in [6.07, 6.45) is 0. The van der Waals surface area contributed by atoms with Crippen LogP contribution in [0.4, 0.5) is 11.4 Å². The minimum atomic E-state index is 0.0484. The second-order valence-electron chi connectivity index (χ2n) is 5.20. The lowest BCUT2D eigenvalue weighted by Crippen LogP contribution is -2.39. The second kappa shape index (κ2) is 6.61. The number of benzene rings is 1. The summed E-state index contributed by atoms with van der Waals surface area (Å²) >= 11 is 0. The van der Waals surface area contributed by atoms with Gasteiger partial charge in [0.05, 0.1) is 18.0 Å². The van der Waals surface area contributed by atoms with E-state index in [9.17, 15) is 4.79 Å². The molecule has 2 rings (SSSR count). The van der Waals surface area contributed by atoms with Gasteiger partial charge in [-0.1, -0.05) is 0 Å². The first-order valence-corrected chi connectivity index (χ1v) is 7.05. The van der Waals surface area contributed by atoms with Gasteiger partial charge in [0.15, 0.2) is 0 Å². The van der Waals surface area contributed by atoms with Crippen molar-refractivity contribution in [2.24, 2.45) is 0 Å². The third-order valence-corrected chi connectivity index (χ3v) is 3.44. The molecule has 1 heterocycles. The number of ether oxygens (including phenoxy) is 1. The molecular weight excluding hydrogens is 254 g/mol. The molecule has 2 N–H and O–H groups in total. The number of carbonyl (C=O) groups is 1. The van der Waals surface area contributed by atoms with Gasteiger partial charge in [-0.2, -0.15) is 0 Å². The zero-order chi connectivity index (χ0) is 14.5. The highest BCUT2D eigenvalue weighted by Crippen LogP contribution is 2.26. The van der Waals surface area contributed by atoms with E-state index in [1.165, 1.54) is 0 Å². The van der Waals surface area contributed by atoms with Crippen molar-refractivity contribution in [2.75, 3.05) is 44.0 Å². The molecule has 0 saturated carbocycles. The number of amides is 1. The molecule has 0 spiro atoms. The fourth-order valence-corrected chi connectivity index (χ4v) is 2.32. The maximum Gasteiger partial charge on any atom is 0.254 e. The molecule has 0 fully saturated rings. The Hall–Kier alpha value is -1.75. The Bertz CT molecular complexity index is 474. The van der Waals surface area contributed by atoms with E-state index < -0.39 is 0 Å². The van der Waals surface area contributed by atoms with Gasteiger partial charge in [0.2, 0.25) is 0 Å². The lowest BCUT2D eigenvalue weighted by atomic mass is 10.1. The van der Waals surface area contributed by atoms with Gasteiger partial charge in [0, 0.05) is 38.3 Å². The average molecular weight is 277 g/mol. The van der Waals surface area contributed by atoms with Crippen LogP contribution in [-0.2, 0) is 4.74 Å². The lowest BCUT2D eigenvalue weighted by molar-refractivity contribution is 0.0635. The third-order valence-electron chi connectivity index (χ3n) is 3.44. The highest BCUT2D eigenvalue weighted by molar-refractivity contribution is 5.96. The van der Waals surface area contributed by atoms with Gasteiger partial charge in [-0.05, 0) is 32.0 Å². The minimum Gasteiger partial charge on any atom is -0.383 e. The number of methoxy groups -OCH3 is 1. The minimum absolute atomic E-state index is 0.0484. The van der Waals surface area contributed by atoms with E-state index in [2.05, 4.69) is 10.6 Å². The molecule has 5 nitrogen and oxygen atoms in total. The van der Waals surface area contributed by atoms with E-state index in [0.29, 0.717) is 18.7 Å². The molecule has 1 aliphatic heterocycles. The van der Waals surface area contributed by atoms with Crippen molar-refractivity contribution in [1.82, 2.24) is 4.90 Å². The molecule has 20 heavy (non-hydrogen) atoms. The van der Waals surface area contributed by atoms with Crippen LogP contribution in [0.15, 0.2) is 18.2 Å². The molecular formula is C15H23N3O2. The van der Waals surface area contributed by atoms with Crippen LogP contribution in [0.5, 0.6) is 0 Å². The van der Waals surface area contributed by atoms with Crippen molar-refractivity contribution >= 4 is 17.3 Å². The van der Waals surface area contributed by atoms with Gasteiger partial charge in [0.25, 0.3) is 5.91 Å². The fraction of sp³-hybridized carbons (Fsp3) is 0.533. The summed E-state index contributed by atoms with van der Waals surface area (Å²) in [5.41, 5.74) is 2.77. The van der Waals surface area contributed by atoms with Gasteiger partial charge in [-0.3, -0.25) is 4.79 Å². The largest absolute Gasteiger partial charge is 0.383 e. The lowest BCUT2D eigenvalue weighted by Gasteiger charge is -2.27. The van der Waals surface area contributed by atoms with Crippen LogP contribution in [0.25, 0.3) is 0 Å². The molecule has 1 aliphatic rings. The molecule has 0 aromatic heterocycles.